The fourth-order valence-corrected chi connectivity index (χ4v) is 3.78. The van der Waals surface area contributed by atoms with Crippen molar-refractivity contribution in [2.24, 2.45) is 0 Å². The second-order valence-corrected chi connectivity index (χ2v) is 6.69. The number of carbonyl (C=O) groups excluding carboxylic acids is 1. The Labute approximate surface area is 126 Å². The number of pyridine rings is 1. The Morgan fingerprint density at radius 1 is 1.32 bits per heavy atom. The summed E-state index contributed by atoms with van der Waals surface area (Å²) in [4.78, 5) is 16.0. The summed E-state index contributed by atoms with van der Waals surface area (Å²) in [6, 6.07) is 6.18. The molecule has 0 spiro atoms. The number of hydrogen-bond acceptors (Lipinski definition) is 4. The average molecular weight is 321 g/mol. The van der Waals surface area contributed by atoms with Crippen LogP contribution in [0.25, 0.3) is 0 Å². The molecule has 1 aromatic heterocycles. The number of aromatic nitrogens is 1. The van der Waals surface area contributed by atoms with E-state index in [0.29, 0.717) is 9.87 Å². The Hall–Kier alpha value is -2.48. The molecule has 0 saturated carbocycles. The molecule has 2 aromatic rings. The van der Waals surface area contributed by atoms with Gasteiger partial charge in [-0.3, -0.25) is 4.98 Å². The van der Waals surface area contributed by atoms with Gasteiger partial charge in [-0.25, -0.2) is 21.9 Å². The lowest BCUT2D eigenvalue weighted by Gasteiger charge is -2.29. The summed E-state index contributed by atoms with van der Waals surface area (Å²) in [5.41, 5.74) is 1.07. The molecule has 1 aliphatic rings. The first kappa shape index (κ1) is 14.5. The molecule has 0 fully saturated rings. The van der Waals surface area contributed by atoms with Gasteiger partial charge in [0.25, 0.3) is 10.0 Å². The third-order valence-electron chi connectivity index (χ3n) is 3.35. The number of sulfonamides is 1. The monoisotopic (exact) mass is 321 g/mol. The van der Waals surface area contributed by atoms with Crippen molar-refractivity contribution in [1.29, 1.82) is 0 Å². The van der Waals surface area contributed by atoms with Gasteiger partial charge in [-0.15, -0.1) is 0 Å². The van der Waals surface area contributed by atoms with Crippen LogP contribution in [-0.2, 0) is 16.6 Å². The molecule has 6 nitrogen and oxygen atoms in total. The zero-order valence-electron chi connectivity index (χ0n) is 11.6. The number of hydrogen-bond donors (Lipinski definition) is 1. The van der Waals surface area contributed by atoms with E-state index >= 15 is 0 Å². The Morgan fingerprint density at radius 2 is 2.09 bits per heavy atom. The van der Waals surface area contributed by atoms with Gasteiger partial charge >= 0.3 is 6.03 Å². The highest BCUT2D eigenvalue weighted by Gasteiger charge is 2.37. The molecular weight excluding hydrogens is 309 g/mol. The molecule has 1 N–H and O–H groups in total. The average Bonchev–Trinajstić information content (AvgIpc) is 2.45. The molecule has 0 unspecified atom stereocenters. The predicted octanol–water partition coefficient (Wildman–Crippen LogP) is 2.27. The molecule has 22 heavy (non-hydrogen) atoms. The number of fused-ring (bicyclic) bond motifs is 1. The van der Waals surface area contributed by atoms with Crippen molar-refractivity contribution in [3.8, 4) is 0 Å². The second-order valence-electron chi connectivity index (χ2n) is 4.86. The Kier molecular flexibility index (Phi) is 3.32. The van der Waals surface area contributed by atoms with Crippen LogP contribution in [0.1, 0.15) is 11.3 Å². The van der Waals surface area contributed by atoms with E-state index in [-0.39, 0.29) is 22.8 Å². The molecule has 0 saturated heterocycles. The lowest BCUT2D eigenvalue weighted by atomic mass is 10.2. The highest BCUT2D eigenvalue weighted by molar-refractivity contribution is 7.90. The molecule has 1 aromatic carbocycles. The van der Waals surface area contributed by atoms with E-state index in [1.165, 1.54) is 12.3 Å². The molecule has 2 amide bonds. The van der Waals surface area contributed by atoms with Crippen molar-refractivity contribution >= 4 is 21.7 Å². The molecule has 8 heteroatoms. The van der Waals surface area contributed by atoms with Crippen molar-refractivity contribution in [2.75, 3.05) is 5.32 Å². The highest BCUT2D eigenvalue weighted by atomic mass is 32.2. The summed E-state index contributed by atoms with van der Waals surface area (Å²) in [7, 11) is -4.01. The molecule has 0 atom stereocenters. The first-order chi connectivity index (χ1) is 10.4. The minimum atomic E-state index is -4.01. The lowest BCUT2D eigenvalue weighted by molar-refractivity contribution is 0.233. The van der Waals surface area contributed by atoms with Gasteiger partial charge in [0.15, 0.2) is 0 Å². The lowest BCUT2D eigenvalue weighted by Crippen LogP contribution is -2.43. The number of rotatable bonds is 2. The van der Waals surface area contributed by atoms with Crippen LogP contribution < -0.4 is 5.32 Å². The number of amides is 2. The van der Waals surface area contributed by atoms with Crippen molar-refractivity contribution in [1.82, 2.24) is 9.29 Å². The van der Waals surface area contributed by atoms with Crippen LogP contribution in [0, 0.1) is 12.7 Å². The maximum absolute atomic E-state index is 13.2. The third-order valence-corrected chi connectivity index (χ3v) is 5.12. The molecule has 1 aliphatic heterocycles. The summed E-state index contributed by atoms with van der Waals surface area (Å²) in [5, 5.41) is 2.56. The summed E-state index contributed by atoms with van der Waals surface area (Å²) in [6.45, 7) is 1.37. The SMILES string of the molecule is Cc1cccc2c1NC(=O)N(Cc1cc(F)ccn1)S2(=O)=O. The second kappa shape index (κ2) is 5.06. The molecule has 0 radical (unpaired) electrons. The van der Waals surface area contributed by atoms with Crippen molar-refractivity contribution in [3.63, 3.8) is 0 Å². The molecule has 114 valence electrons. The predicted molar refractivity (Wildman–Crippen MR) is 77.1 cm³/mol. The largest absolute Gasteiger partial charge is 0.336 e. The molecule has 2 heterocycles. The van der Waals surface area contributed by atoms with E-state index in [2.05, 4.69) is 10.3 Å². The topological polar surface area (TPSA) is 79.4 Å². The van der Waals surface area contributed by atoms with Crippen molar-refractivity contribution < 1.29 is 17.6 Å². The molecular formula is C14H12FN3O3S. The van der Waals surface area contributed by atoms with Gasteiger partial charge in [-0.05, 0) is 30.7 Å². The van der Waals surface area contributed by atoms with Crippen LogP contribution in [0.5, 0.6) is 0 Å². The summed E-state index contributed by atoms with van der Waals surface area (Å²) >= 11 is 0. The van der Waals surface area contributed by atoms with Crippen LogP contribution in [0.3, 0.4) is 0 Å². The van der Waals surface area contributed by atoms with E-state index in [4.69, 9.17) is 0 Å². The zero-order chi connectivity index (χ0) is 15.9. The number of nitrogens with zero attached hydrogens (tertiary/aromatic N) is 2. The van der Waals surface area contributed by atoms with Crippen LogP contribution >= 0.6 is 0 Å². The van der Waals surface area contributed by atoms with Crippen molar-refractivity contribution in [3.05, 3.63) is 53.6 Å². The Bertz CT molecular complexity index is 867. The molecule has 0 aliphatic carbocycles. The number of carbonyl (C=O) groups is 1. The fraction of sp³-hybridized carbons (Fsp3) is 0.143. The number of nitrogens with one attached hydrogen (secondary N) is 1. The van der Waals surface area contributed by atoms with Crippen LogP contribution in [0.2, 0.25) is 0 Å². The molecule has 0 bridgehead atoms. The van der Waals surface area contributed by atoms with Crippen LogP contribution in [0.15, 0.2) is 41.4 Å². The number of urea groups is 1. The van der Waals surface area contributed by atoms with E-state index in [1.807, 2.05) is 0 Å². The summed E-state index contributed by atoms with van der Waals surface area (Å²) in [5.74, 6) is -0.545. The Morgan fingerprint density at radius 3 is 2.82 bits per heavy atom. The van der Waals surface area contributed by atoms with E-state index < -0.39 is 21.9 Å². The molecule has 3 rings (SSSR count). The standard InChI is InChI=1S/C14H12FN3O3S/c1-9-3-2-4-12-13(9)17-14(19)18(22(12,20)21)8-11-7-10(15)5-6-16-11/h2-7H,8H2,1H3,(H,17,19). The smallest absolute Gasteiger partial charge is 0.305 e. The van der Waals surface area contributed by atoms with E-state index in [1.54, 1.807) is 19.1 Å². The Balaban J connectivity index is 2.05. The van der Waals surface area contributed by atoms with E-state index in [0.717, 1.165) is 12.1 Å². The zero-order valence-corrected chi connectivity index (χ0v) is 12.4. The maximum Gasteiger partial charge on any atom is 0.336 e. The first-order valence-corrected chi connectivity index (χ1v) is 7.87. The van der Waals surface area contributed by atoms with Gasteiger partial charge in [-0.1, -0.05) is 12.1 Å². The van der Waals surface area contributed by atoms with Gasteiger partial charge in [0.1, 0.15) is 10.7 Å². The fourth-order valence-electron chi connectivity index (χ4n) is 2.25. The van der Waals surface area contributed by atoms with Gasteiger partial charge in [-0.2, -0.15) is 0 Å². The van der Waals surface area contributed by atoms with Crippen LogP contribution in [-0.4, -0.2) is 23.7 Å². The number of para-hydroxylation sites is 1. The van der Waals surface area contributed by atoms with Crippen LogP contribution in [0.4, 0.5) is 14.9 Å². The van der Waals surface area contributed by atoms with Gasteiger partial charge < -0.3 is 5.32 Å². The normalized spacial score (nSPS) is 16.1. The number of anilines is 1. The minimum absolute atomic E-state index is 0.0171. The van der Waals surface area contributed by atoms with Crippen molar-refractivity contribution in [2.45, 2.75) is 18.4 Å². The maximum atomic E-state index is 13.2. The first-order valence-electron chi connectivity index (χ1n) is 6.43. The summed E-state index contributed by atoms with van der Waals surface area (Å²) in [6.07, 6.45) is 1.22. The number of halogens is 1. The minimum Gasteiger partial charge on any atom is -0.305 e. The van der Waals surface area contributed by atoms with E-state index in [9.17, 15) is 17.6 Å². The van der Waals surface area contributed by atoms with Gasteiger partial charge in [0.2, 0.25) is 0 Å². The number of benzene rings is 1. The summed E-state index contributed by atoms with van der Waals surface area (Å²) < 4.78 is 39.0. The van der Waals surface area contributed by atoms with Gasteiger partial charge in [0, 0.05) is 6.20 Å². The van der Waals surface area contributed by atoms with Gasteiger partial charge in [0.05, 0.1) is 17.9 Å². The highest BCUT2D eigenvalue weighted by Crippen LogP contribution is 2.33. The number of aryl methyl sites for hydroxylation is 1. The third kappa shape index (κ3) is 2.31. The quantitative estimate of drug-likeness (QED) is 0.920.